The molecule has 0 fully saturated rings. The molecule has 1 rings (SSSR count). The largest absolute Gasteiger partial charge is 0.384 e. The van der Waals surface area contributed by atoms with Gasteiger partial charge in [-0.2, -0.15) is 0 Å². The van der Waals surface area contributed by atoms with Crippen molar-refractivity contribution in [2.24, 2.45) is 0 Å². The van der Waals surface area contributed by atoms with Gasteiger partial charge in [0.15, 0.2) is 0 Å². The molecule has 0 heterocycles. The summed E-state index contributed by atoms with van der Waals surface area (Å²) in [7, 11) is 0. The van der Waals surface area contributed by atoms with Gasteiger partial charge < -0.3 is 5.11 Å². The first kappa shape index (κ1) is 11.0. The predicted octanol–water partition coefficient (Wildman–Crippen LogP) is 3.30. The van der Waals surface area contributed by atoms with Gasteiger partial charge in [-0.3, -0.25) is 0 Å². The van der Waals surface area contributed by atoms with Crippen LogP contribution in [0.5, 0.6) is 0 Å². The van der Waals surface area contributed by atoms with Gasteiger partial charge in [0, 0.05) is 0 Å². The third-order valence-electron chi connectivity index (χ3n) is 2.83. The molecule has 1 aromatic rings. The van der Waals surface area contributed by atoms with Gasteiger partial charge in [0.05, 0.1) is 0 Å². The molecule has 0 aliphatic heterocycles. The second-order valence-corrected chi connectivity index (χ2v) is 3.72. The first-order valence-electron chi connectivity index (χ1n) is 4.95. The number of aryl methyl sites for hydroxylation is 1. The van der Waals surface area contributed by atoms with Gasteiger partial charge in [0.1, 0.15) is 6.10 Å². The second kappa shape index (κ2) is 4.43. The van der Waals surface area contributed by atoms with E-state index in [1.807, 2.05) is 32.1 Å². The summed E-state index contributed by atoms with van der Waals surface area (Å²) >= 11 is 0. The molecule has 0 amide bonds. The summed E-state index contributed by atoms with van der Waals surface area (Å²) in [4.78, 5) is 0. The summed E-state index contributed by atoms with van der Waals surface area (Å²) in [6.07, 6.45) is 1.49. The average molecular weight is 190 g/mol. The van der Waals surface area contributed by atoms with Gasteiger partial charge in [0.2, 0.25) is 0 Å². The van der Waals surface area contributed by atoms with Gasteiger partial charge >= 0.3 is 0 Å². The minimum atomic E-state index is -0.458. The Morgan fingerprint density at radius 3 is 2.57 bits per heavy atom. The molecule has 0 saturated heterocycles. The van der Waals surface area contributed by atoms with E-state index in [1.54, 1.807) is 0 Å². The van der Waals surface area contributed by atoms with E-state index in [-0.39, 0.29) is 0 Å². The van der Waals surface area contributed by atoms with Crippen LogP contribution in [0.4, 0.5) is 0 Å². The van der Waals surface area contributed by atoms with Crippen LogP contribution in [0.15, 0.2) is 29.8 Å². The normalized spacial score (nSPS) is 14.2. The molecule has 0 aromatic heterocycles. The monoisotopic (exact) mass is 190 g/mol. The van der Waals surface area contributed by atoms with Crippen molar-refractivity contribution in [3.63, 3.8) is 0 Å². The minimum absolute atomic E-state index is 0.458. The third kappa shape index (κ3) is 2.05. The maximum atomic E-state index is 10.0. The van der Waals surface area contributed by atoms with Crippen molar-refractivity contribution < 1.29 is 5.11 Å². The molecule has 14 heavy (non-hydrogen) atoms. The molecule has 1 atom stereocenters. The maximum Gasteiger partial charge on any atom is 0.100 e. The van der Waals surface area contributed by atoms with Crippen LogP contribution in [0.25, 0.3) is 0 Å². The lowest BCUT2D eigenvalue weighted by atomic mass is 9.95. The molecule has 0 aliphatic rings. The Bertz CT molecular complexity index is 350. The van der Waals surface area contributed by atoms with E-state index in [9.17, 15) is 5.11 Å². The van der Waals surface area contributed by atoms with Crippen LogP contribution in [0.3, 0.4) is 0 Å². The van der Waals surface area contributed by atoms with E-state index >= 15 is 0 Å². The van der Waals surface area contributed by atoms with E-state index in [0.717, 1.165) is 11.1 Å². The Morgan fingerprint density at radius 1 is 1.36 bits per heavy atom. The fourth-order valence-corrected chi connectivity index (χ4v) is 1.47. The van der Waals surface area contributed by atoms with Crippen molar-refractivity contribution in [3.8, 4) is 0 Å². The molecule has 0 radical (unpaired) electrons. The van der Waals surface area contributed by atoms with Crippen LogP contribution < -0.4 is 0 Å². The van der Waals surface area contributed by atoms with Crippen molar-refractivity contribution in [3.05, 3.63) is 46.5 Å². The number of benzene rings is 1. The Morgan fingerprint density at radius 2 is 2.00 bits per heavy atom. The smallest absolute Gasteiger partial charge is 0.100 e. The molecule has 1 heteroatoms. The SMILES string of the molecule is CC=C(C)C(O)c1cccc(C)c1C. The van der Waals surface area contributed by atoms with Crippen molar-refractivity contribution >= 4 is 0 Å². The molecular weight excluding hydrogens is 172 g/mol. The molecule has 76 valence electrons. The lowest BCUT2D eigenvalue weighted by molar-refractivity contribution is 0.214. The predicted molar refractivity (Wildman–Crippen MR) is 60.3 cm³/mol. The number of allylic oxidation sites excluding steroid dienone is 1. The molecule has 0 spiro atoms. The van der Waals surface area contributed by atoms with E-state index in [1.165, 1.54) is 11.1 Å². The maximum absolute atomic E-state index is 10.0. The van der Waals surface area contributed by atoms with Gasteiger partial charge in [-0.1, -0.05) is 24.3 Å². The fourth-order valence-electron chi connectivity index (χ4n) is 1.47. The van der Waals surface area contributed by atoms with E-state index < -0.39 is 6.10 Å². The average Bonchev–Trinajstić information content (AvgIpc) is 2.20. The number of aliphatic hydroxyl groups is 1. The zero-order valence-corrected chi connectivity index (χ0v) is 9.33. The van der Waals surface area contributed by atoms with E-state index in [4.69, 9.17) is 0 Å². The van der Waals surface area contributed by atoms with Gasteiger partial charge in [-0.25, -0.2) is 0 Å². The van der Waals surface area contributed by atoms with Crippen LogP contribution in [-0.2, 0) is 0 Å². The molecular formula is C13H18O. The van der Waals surface area contributed by atoms with Crippen LogP contribution in [0, 0.1) is 13.8 Å². The van der Waals surface area contributed by atoms with Gasteiger partial charge in [-0.15, -0.1) is 0 Å². The topological polar surface area (TPSA) is 20.2 Å². The number of hydrogen-bond acceptors (Lipinski definition) is 1. The highest BCUT2D eigenvalue weighted by atomic mass is 16.3. The highest BCUT2D eigenvalue weighted by Crippen LogP contribution is 2.25. The van der Waals surface area contributed by atoms with Crippen LogP contribution >= 0.6 is 0 Å². The number of aliphatic hydroxyl groups excluding tert-OH is 1. The standard InChI is InChI=1S/C13H18O/c1-5-9(2)13(14)12-8-6-7-10(3)11(12)4/h5-8,13-14H,1-4H3. The molecule has 1 aromatic carbocycles. The fraction of sp³-hybridized carbons (Fsp3) is 0.385. The number of rotatable bonds is 2. The quantitative estimate of drug-likeness (QED) is 0.709. The molecule has 0 bridgehead atoms. The Balaban J connectivity index is 3.13. The highest BCUT2D eigenvalue weighted by Gasteiger charge is 2.11. The van der Waals surface area contributed by atoms with Crippen LogP contribution in [0.2, 0.25) is 0 Å². The lowest BCUT2D eigenvalue weighted by Crippen LogP contribution is -2.02. The van der Waals surface area contributed by atoms with Gasteiger partial charge in [-0.05, 0) is 50.0 Å². The molecule has 1 nitrogen and oxygen atoms in total. The third-order valence-corrected chi connectivity index (χ3v) is 2.83. The summed E-state index contributed by atoms with van der Waals surface area (Å²) in [5, 5.41) is 10.0. The Labute approximate surface area is 86.1 Å². The zero-order chi connectivity index (χ0) is 10.7. The summed E-state index contributed by atoms with van der Waals surface area (Å²) in [6, 6.07) is 6.04. The summed E-state index contributed by atoms with van der Waals surface area (Å²) in [5.74, 6) is 0. The Kier molecular flexibility index (Phi) is 3.48. The minimum Gasteiger partial charge on any atom is -0.384 e. The first-order chi connectivity index (χ1) is 6.57. The first-order valence-corrected chi connectivity index (χ1v) is 4.95. The van der Waals surface area contributed by atoms with Crippen LogP contribution in [0.1, 0.15) is 36.6 Å². The molecule has 0 aliphatic carbocycles. The Hall–Kier alpha value is -1.08. The summed E-state index contributed by atoms with van der Waals surface area (Å²) in [6.45, 7) is 8.02. The molecule has 0 saturated carbocycles. The number of hydrogen-bond donors (Lipinski definition) is 1. The zero-order valence-electron chi connectivity index (χ0n) is 9.33. The molecule has 1 N–H and O–H groups in total. The van der Waals surface area contributed by atoms with E-state index in [0.29, 0.717) is 0 Å². The van der Waals surface area contributed by atoms with Crippen molar-refractivity contribution in [2.45, 2.75) is 33.8 Å². The van der Waals surface area contributed by atoms with Gasteiger partial charge in [0.25, 0.3) is 0 Å². The lowest BCUT2D eigenvalue weighted by Gasteiger charge is -2.15. The van der Waals surface area contributed by atoms with Crippen molar-refractivity contribution in [2.75, 3.05) is 0 Å². The highest BCUT2D eigenvalue weighted by molar-refractivity contribution is 5.37. The van der Waals surface area contributed by atoms with Crippen LogP contribution in [-0.4, -0.2) is 5.11 Å². The van der Waals surface area contributed by atoms with Crippen molar-refractivity contribution in [1.82, 2.24) is 0 Å². The van der Waals surface area contributed by atoms with E-state index in [2.05, 4.69) is 19.9 Å². The molecule has 1 unspecified atom stereocenters. The summed E-state index contributed by atoms with van der Waals surface area (Å²) in [5.41, 5.74) is 4.42. The second-order valence-electron chi connectivity index (χ2n) is 3.72. The van der Waals surface area contributed by atoms with Crippen molar-refractivity contribution in [1.29, 1.82) is 0 Å². The summed E-state index contributed by atoms with van der Waals surface area (Å²) < 4.78 is 0.